The number of aromatic nitrogens is 2. The van der Waals surface area contributed by atoms with Crippen LogP contribution in [0.1, 0.15) is 63.1 Å². The van der Waals surface area contributed by atoms with Crippen molar-refractivity contribution in [2.75, 3.05) is 0 Å². The lowest BCUT2D eigenvalue weighted by Gasteiger charge is -2.41. The van der Waals surface area contributed by atoms with Crippen LogP contribution < -0.4 is 10.9 Å². The summed E-state index contributed by atoms with van der Waals surface area (Å²) < 4.78 is 28.1. The van der Waals surface area contributed by atoms with E-state index in [0.717, 1.165) is 4.68 Å². The summed E-state index contributed by atoms with van der Waals surface area (Å²) in [4.78, 5) is 25.2. The molecule has 0 spiro atoms. The molecule has 1 unspecified atom stereocenters. The fourth-order valence-electron chi connectivity index (χ4n) is 4.17. The Labute approximate surface area is 166 Å². The number of hydrogen-bond donors (Lipinski definition) is 2. The van der Waals surface area contributed by atoms with Gasteiger partial charge >= 0.3 is 0 Å². The van der Waals surface area contributed by atoms with Crippen LogP contribution in [-0.4, -0.2) is 38.4 Å². The van der Waals surface area contributed by atoms with Crippen LogP contribution in [-0.2, 0) is 11.3 Å². The molecule has 1 amide bonds. The Bertz CT molecular complexity index is 1040. The maximum absolute atomic E-state index is 13.5. The van der Waals surface area contributed by atoms with Crippen molar-refractivity contribution in [2.24, 2.45) is 0 Å². The molecule has 6 nitrogen and oxygen atoms in total. The Morgan fingerprint density at radius 1 is 1.31 bits per heavy atom. The number of halogens is 2. The topological polar surface area (TPSA) is 84.2 Å². The van der Waals surface area contributed by atoms with Crippen molar-refractivity contribution in [1.29, 1.82) is 0 Å². The average Bonchev–Trinajstić information content (AvgIpc) is 3.23. The molecule has 8 heteroatoms. The Morgan fingerprint density at radius 2 is 1.97 bits per heavy atom. The second-order valence-electron chi connectivity index (χ2n) is 9.00. The molecule has 1 atom stereocenters. The first-order valence-corrected chi connectivity index (χ1v) is 9.91. The van der Waals surface area contributed by atoms with E-state index in [4.69, 9.17) is 0 Å². The van der Waals surface area contributed by atoms with E-state index in [9.17, 15) is 23.5 Å². The molecular weight excluding hydrogens is 380 g/mol. The molecule has 1 heterocycles. The second kappa shape index (κ2) is 6.58. The number of carbonyl (C=O) groups is 1. The van der Waals surface area contributed by atoms with Crippen LogP contribution in [0.2, 0.25) is 0 Å². The lowest BCUT2D eigenvalue weighted by atomic mass is 9.77. The highest BCUT2D eigenvalue weighted by Crippen LogP contribution is 2.56. The predicted octanol–water partition coefficient (Wildman–Crippen LogP) is 2.67. The monoisotopic (exact) mass is 405 g/mol. The van der Waals surface area contributed by atoms with E-state index in [1.54, 1.807) is 25.1 Å². The van der Waals surface area contributed by atoms with Crippen molar-refractivity contribution in [3.05, 3.63) is 39.8 Å². The quantitative estimate of drug-likeness (QED) is 0.801. The molecule has 0 bridgehead atoms. The van der Waals surface area contributed by atoms with Gasteiger partial charge in [-0.1, -0.05) is 19.9 Å². The molecule has 0 aliphatic heterocycles. The highest BCUT2D eigenvalue weighted by atomic mass is 19.3. The summed E-state index contributed by atoms with van der Waals surface area (Å²) in [6, 6.07) is 4.67. The molecule has 2 N–H and O–H groups in total. The number of alkyl halides is 2. The minimum atomic E-state index is -2.68. The van der Waals surface area contributed by atoms with Gasteiger partial charge < -0.3 is 10.4 Å². The van der Waals surface area contributed by atoms with Crippen LogP contribution in [0.4, 0.5) is 8.78 Å². The van der Waals surface area contributed by atoms with Gasteiger partial charge in [0.2, 0.25) is 5.91 Å². The van der Waals surface area contributed by atoms with Crippen LogP contribution in [0, 0.1) is 0 Å². The average molecular weight is 405 g/mol. The molecule has 1 aromatic heterocycles. The molecule has 2 fully saturated rings. The summed E-state index contributed by atoms with van der Waals surface area (Å²) in [7, 11) is 0. The lowest BCUT2D eigenvalue weighted by molar-refractivity contribution is -0.125. The van der Waals surface area contributed by atoms with E-state index in [0.29, 0.717) is 34.9 Å². The first-order valence-electron chi connectivity index (χ1n) is 9.91. The maximum atomic E-state index is 13.5. The number of benzene rings is 1. The van der Waals surface area contributed by atoms with Crippen LogP contribution >= 0.6 is 0 Å². The van der Waals surface area contributed by atoms with Gasteiger partial charge in [-0.15, -0.1) is 0 Å². The molecular formula is C21H25F2N3O3. The molecule has 4 rings (SSSR count). The third-order valence-corrected chi connectivity index (χ3v) is 5.82. The van der Waals surface area contributed by atoms with E-state index >= 15 is 0 Å². The van der Waals surface area contributed by atoms with E-state index < -0.39 is 23.0 Å². The zero-order valence-corrected chi connectivity index (χ0v) is 16.7. The van der Waals surface area contributed by atoms with Crippen molar-refractivity contribution in [3.8, 4) is 0 Å². The summed E-state index contributed by atoms with van der Waals surface area (Å²) in [6.07, 6.45) is 0.781. The van der Waals surface area contributed by atoms with Gasteiger partial charge in [-0.2, -0.15) is 5.10 Å². The fraction of sp³-hybridized carbons (Fsp3) is 0.571. The number of nitrogens with one attached hydrogen (secondary N) is 1. The number of carbonyl (C=O) groups excluding carboxylic acids is 1. The van der Waals surface area contributed by atoms with Crippen LogP contribution in [0.5, 0.6) is 0 Å². The van der Waals surface area contributed by atoms with Crippen molar-refractivity contribution in [2.45, 2.75) is 76.0 Å². The third kappa shape index (κ3) is 3.77. The number of fused-ring (bicyclic) bond motifs is 1. The maximum Gasteiger partial charge on any atom is 0.275 e. The Morgan fingerprint density at radius 3 is 2.52 bits per heavy atom. The SMILES string of the molecule is CC(C)c1nn(CC(=O)N[C@H]2C[C@@](C)(O)C2)c(=O)c2ccc(C3CC3(F)F)cc12. The predicted molar refractivity (Wildman–Crippen MR) is 104 cm³/mol. The van der Waals surface area contributed by atoms with Gasteiger partial charge in [0, 0.05) is 17.8 Å². The van der Waals surface area contributed by atoms with Crippen molar-refractivity contribution < 1.29 is 18.7 Å². The van der Waals surface area contributed by atoms with Crippen LogP contribution in [0.25, 0.3) is 10.8 Å². The molecule has 2 aliphatic carbocycles. The van der Waals surface area contributed by atoms with Gasteiger partial charge in [-0.25, -0.2) is 13.5 Å². The van der Waals surface area contributed by atoms with E-state index in [2.05, 4.69) is 10.4 Å². The molecule has 29 heavy (non-hydrogen) atoms. The molecule has 156 valence electrons. The number of amides is 1. The molecule has 1 aromatic carbocycles. The second-order valence-corrected chi connectivity index (χ2v) is 9.00. The largest absolute Gasteiger partial charge is 0.390 e. The summed E-state index contributed by atoms with van der Waals surface area (Å²) in [5.41, 5.74) is -0.0613. The molecule has 2 aliphatic rings. The van der Waals surface area contributed by atoms with Crippen molar-refractivity contribution in [3.63, 3.8) is 0 Å². The number of rotatable bonds is 5. The normalized spacial score (nSPS) is 27.7. The first-order chi connectivity index (χ1) is 13.5. The first kappa shape index (κ1) is 19.9. The highest BCUT2D eigenvalue weighted by molar-refractivity contribution is 5.85. The number of aliphatic hydroxyl groups is 1. The number of hydrogen-bond acceptors (Lipinski definition) is 4. The van der Waals surface area contributed by atoms with Crippen LogP contribution in [0.15, 0.2) is 23.0 Å². The zero-order valence-electron chi connectivity index (χ0n) is 16.7. The van der Waals surface area contributed by atoms with E-state index in [1.807, 2.05) is 13.8 Å². The summed E-state index contributed by atoms with van der Waals surface area (Å²) in [5.74, 6) is -3.88. The van der Waals surface area contributed by atoms with Crippen LogP contribution in [0.3, 0.4) is 0 Å². The van der Waals surface area contributed by atoms with Gasteiger partial charge in [-0.05, 0) is 43.4 Å². The van der Waals surface area contributed by atoms with E-state index in [1.165, 1.54) is 0 Å². The van der Waals surface area contributed by atoms with Gasteiger partial charge in [0.25, 0.3) is 11.5 Å². The number of nitrogens with zero attached hydrogens (tertiary/aromatic N) is 2. The Balaban J connectivity index is 1.63. The standard InChI is InChI=1S/C21H25F2N3O3/c1-11(2)18-15-6-12(16-9-21(16,22)23)4-5-14(15)19(28)26(25-18)10-17(27)24-13-7-20(3,29)8-13/h4-6,11,13,16,29H,7-10H2,1-3H3,(H,24,27)/t13-,16?,20+. The lowest BCUT2D eigenvalue weighted by Crippen LogP contribution is -2.54. The fourth-order valence-corrected chi connectivity index (χ4v) is 4.17. The van der Waals surface area contributed by atoms with Crippen molar-refractivity contribution in [1.82, 2.24) is 15.1 Å². The molecule has 0 radical (unpaired) electrons. The van der Waals surface area contributed by atoms with Gasteiger partial charge in [0.1, 0.15) is 6.54 Å². The Kier molecular flexibility index (Phi) is 4.53. The smallest absolute Gasteiger partial charge is 0.275 e. The highest BCUT2D eigenvalue weighted by Gasteiger charge is 2.57. The summed E-state index contributed by atoms with van der Waals surface area (Å²) >= 11 is 0. The van der Waals surface area contributed by atoms with Gasteiger partial charge in [-0.3, -0.25) is 9.59 Å². The minimum absolute atomic E-state index is 0.0518. The third-order valence-electron chi connectivity index (χ3n) is 5.82. The summed E-state index contributed by atoms with van der Waals surface area (Å²) in [5, 5.41) is 17.9. The molecule has 0 saturated heterocycles. The minimum Gasteiger partial charge on any atom is -0.390 e. The summed E-state index contributed by atoms with van der Waals surface area (Å²) in [6.45, 7) is 5.30. The van der Waals surface area contributed by atoms with Gasteiger partial charge in [0.05, 0.1) is 22.6 Å². The van der Waals surface area contributed by atoms with E-state index in [-0.39, 0.29) is 30.8 Å². The van der Waals surface area contributed by atoms with Crippen molar-refractivity contribution >= 4 is 16.7 Å². The van der Waals surface area contributed by atoms with Gasteiger partial charge in [0.15, 0.2) is 0 Å². The zero-order chi connectivity index (χ0) is 21.1. The molecule has 2 saturated carbocycles. The molecule has 2 aromatic rings. The Hall–Kier alpha value is -2.35.